The van der Waals surface area contributed by atoms with Crippen LogP contribution in [0.4, 0.5) is 5.82 Å². The highest BCUT2D eigenvalue weighted by molar-refractivity contribution is 6.35. The lowest BCUT2D eigenvalue weighted by Crippen LogP contribution is -2.12. The van der Waals surface area contributed by atoms with Crippen molar-refractivity contribution in [3.05, 3.63) is 34.3 Å². The van der Waals surface area contributed by atoms with Gasteiger partial charge in [-0.15, -0.1) is 0 Å². The van der Waals surface area contributed by atoms with Gasteiger partial charge in [0.25, 0.3) is 0 Å². The molecular formula is C13H16ClN3. The summed E-state index contributed by atoms with van der Waals surface area (Å²) < 4.78 is 0. The number of benzene rings is 1. The van der Waals surface area contributed by atoms with Gasteiger partial charge in [0.1, 0.15) is 5.82 Å². The van der Waals surface area contributed by atoms with Crippen molar-refractivity contribution < 1.29 is 0 Å². The number of nitrogens with one attached hydrogen (secondary N) is 1. The summed E-state index contributed by atoms with van der Waals surface area (Å²) in [6.07, 6.45) is 0. The highest BCUT2D eigenvalue weighted by Gasteiger charge is 2.12. The number of aryl methyl sites for hydroxylation is 1. The van der Waals surface area contributed by atoms with Crippen molar-refractivity contribution >= 4 is 28.3 Å². The van der Waals surface area contributed by atoms with Gasteiger partial charge in [0, 0.05) is 5.39 Å². The molecule has 0 unspecified atom stereocenters. The number of halogens is 1. The molecule has 0 aliphatic carbocycles. The predicted octanol–water partition coefficient (Wildman–Crippen LogP) is 3.61. The maximum Gasteiger partial charge on any atom is 0.144 e. The first-order chi connectivity index (χ1) is 8.04. The van der Waals surface area contributed by atoms with Crippen LogP contribution in [0.2, 0.25) is 5.02 Å². The molecule has 0 saturated heterocycles. The third-order valence-electron chi connectivity index (χ3n) is 2.94. The van der Waals surface area contributed by atoms with Gasteiger partial charge in [0.15, 0.2) is 0 Å². The molecule has 2 aromatic rings. The van der Waals surface area contributed by atoms with Gasteiger partial charge in [-0.2, -0.15) is 0 Å². The van der Waals surface area contributed by atoms with Crippen LogP contribution < -0.4 is 11.3 Å². The smallest absolute Gasteiger partial charge is 0.144 e. The lowest BCUT2D eigenvalue weighted by molar-refractivity contribution is 0.862. The van der Waals surface area contributed by atoms with Crippen LogP contribution in [0.1, 0.15) is 30.9 Å². The molecular weight excluding hydrogens is 234 g/mol. The van der Waals surface area contributed by atoms with Crippen LogP contribution in [-0.4, -0.2) is 4.98 Å². The minimum absolute atomic E-state index is 0.358. The number of hydrazine groups is 1. The van der Waals surface area contributed by atoms with E-state index in [-0.39, 0.29) is 0 Å². The van der Waals surface area contributed by atoms with E-state index >= 15 is 0 Å². The molecule has 1 aromatic carbocycles. The number of pyridine rings is 1. The van der Waals surface area contributed by atoms with Gasteiger partial charge in [-0.25, -0.2) is 10.8 Å². The zero-order chi connectivity index (χ0) is 12.6. The zero-order valence-electron chi connectivity index (χ0n) is 10.2. The molecule has 0 spiro atoms. The number of nitrogens with zero attached hydrogens (tertiary/aromatic N) is 1. The number of rotatable bonds is 2. The predicted molar refractivity (Wildman–Crippen MR) is 73.4 cm³/mol. The molecule has 0 saturated carbocycles. The van der Waals surface area contributed by atoms with E-state index in [4.69, 9.17) is 17.4 Å². The SMILES string of the molecule is Cc1ccc(Cl)c2nc(NN)c(C(C)C)cc12. The van der Waals surface area contributed by atoms with Gasteiger partial charge in [0.05, 0.1) is 10.5 Å². The van der Waals surface area contributed by atoms with Crippen molar-refractivity contribution in [3.8, 4) is 0 Å². The molecule has 90 valence electrons. The molecule has 17 heavy (non-hydrogen) atoms. The van der Waals surface area contributed by atoms with E-state index in [1.54, 1.807) is 0 Å². The topological polar surface area (TPSA) is 50.9 Å². The highest BCUT2D eigenvalue weighted by Crippen LogP contribution is 2.31. The normalized spacial score (nSPS) is 11.2. The molecule has 3 nitrogen and oxygen atoms in total. The van der Waals surface area contributed by atoms with Crippen molar-refractivity contribution in [2.45, 2.75) is 26.7 Å². The summed E-state index contributed by atoms with van der Waals surface area (Å²) in [5, 5.41) is 1.73. The molecule has 0 aliphatic rings. The second-order valence-corrected chi connectivity index (χ2v) is 4.89. The molecule has 1 heterocycles. The van der Waals surface area contributed by atoms with Crippen LogP contribution in [0.25, 0.3) is 10.9 Å². The Morgan fingerprint density at radius 3 is 2.65 bits per heavy atom. The Morgan fingerprint density at radius 1 is 1.35 bits per heavy atom. The van der Waals surface area contributed by atoms with Crippen molar-refractivity contribution in [3.63, 3.8) is 0 Å². The second-order valence-electron chi connectivity index (χ2n) is 4.49. The number of hydrogen-bond acceptors (Lipinski definition) is 3. The monoisotopic (exact) mass is 249 g/mol. The van der Waals surface area contributed by atoms with Gasteiger partial charge >= 0.3 is 0 Å². The summed E-state index contributed by atoms with van der Waals surface area (Å²) in [7, 11) is 0. The first-order valence-electron chi connectivity index (χ1n) is 5.61. The number of nitrogen functional groups attached to an aromatic ring is 1. The molecule has 1 aromatic heterocycles. The lowest BCUT2D eigenvalue weighted by Gasteiger charge is -2.14. The van der Waals surface area contributed by atoms with E-state index in [1.165, 1.54) is 5.56 Å². The van der Waals surface area contributed by atoms with Crippen molar-refractivity contribution in [2.24, 2.45) is 5.84 Å². The number of fused-ring (bicyclic) bond motifs is 1. The summed E-state index contributed by atoms with van der Waals surface area (Å²) >= 11 is 6.16. The minimum atomic E-state index is 0.358. The summed E-state index contributed by atoms with van der Waals surface area (Å²) in [6.45, 7) is 6.28. The summed E-state index contributed by atoms with van der Waals surface area (Å²) in [5.41, 5.74) is 5.71. The van der Waals surface area contributed by atoms with Gasteiger partial charge in [-0.1, -0.05) is 31.5 Å². The van der Waals surface area contributed by atoms with E-state index in [2.05, 4.69) is 37.2 Å². The zero-order valence-corrected chi connectivity index (χ0v) is 11.0. The molecule has 2 rings (SSSR count). The third-order valence-corrected chi connectivity index (χ3v) is 3.25. The van der Waals surface area contributed by atoms with Crippen molar-refractivity contribution in [2.75, 3.05) is 5.43 Å². The molecule has 0 radical (unpaired) electrons. The first-order valence-corrected chi connectivity index (χ1v) is 5.98. The summed E-state index contributed by atoms with van der Waals surface area (Å²) in [6, 6.07) is 5.98. The largest absolute Gasteiger partial charge is 0.308 e. The molecule has 0 bridgehead atoms. The molecule has 0 amide bonds. The average molecular weight is 250 g/mol. The maximum absolute atomic E-state index is 6.16. The van der Waals surface area contributed by atoms with Crippen LogP contribution in [0.5, 0.6) is 0 Å². The summed E-state index contributed by atoms with van der Waals surface area (Å²) in [4.78, 5) is 4.51. The average Bonchev–Trinajstić information content (AvgIpc) is 2.32. The van der Waals surface area contributed by atoms with E-state index in [0.717, 1.165) is 16.5 Å². The van der Waals surface area contributed by atoms with E-state index in [9.17, 15) is 0 Å². The fourth-order valence-corrected chi connectivity index (χ4v) is 2.14. The fraction of sp³-hybridized carbons (Fsp3) is 0.308. The third kappa shape index (κ3) is 2.08. The van der Waals surface area contributed by atoms with Gasteiger partial charge in [-0.3, -0.25) is 0 Å². The summed E-state index contributed by atoms with van der Waals surface area (Å²) in [5.74, 6) is 6.56. The first kappa shape index (κ1) is 12.1. The van der Waals surface area contributed by atoms with E-state index in [1.807, 2.05) is 12.1 Å². The quantitative estimate of drug-likeness (QED) is 0.632. The maximum atomic E-state index is 6.16. The Kier molecular flexibility index (Phi) is 3.22. The number of anilines is 1. The van der Waals surface area contributed by atoms with Crippen LogP contribution in [0, 0.1) is 6.92 Å². The second kappa shape index (κ2) is 4.51. The number of aromatic nitrogens is 1. The fourth-order valence-electron chi connectivity index (χ4n) is 1.93. The van der Waals surface area contributed by atoms with Gasteiger partial charge < -0.3 is 5.43 Å². The van der Waals surface area contributed by atoms with E-state index < -0.39 is 0 Å². The Labute approximate surface area is 106 Å². The minimum Gasteiger partial charge on any atom is -0.308 e. The van der Waals surface area contributed by atoms with Crippen LogP contribution >= 0.6 is 11.6 Å². The van der Waals surface area contributed by atoms with Crippen molar-refractivity contribution in [1.29, 1.82) is 0 Å². The van der Waals surface area contributed by atoms with E-state index in [0.29, 0.717) is 16.8 Å². The molecule has 0 atom stereocenters. The number of hydrogen-bond donors (Lipinski definition) is 2. The molecule has 0 aliphatic heterocycles. The standard InChI is InChI=1S/C13H16ClN3/c1-7(2)9-6-10-8(3)4-5-11(14)12(10)16-13(9)17-15/h4-7H,15H2,1-3H3,(H,16,17). The Bertz CT molecular complexity index is 564. The molecule has 0 fully saturated rings. The van der Waals surface area contributed by atoms with Crippen LogP contribution in [0.3, 0.4) is 0 Å². The van der Waals surface area contributed by atoms with Crippen LogP contribution in [0.15, 0.2) is 18.2 Å². The molecule has 3 N–H and O–H groups in total. The van der Waals surface area contributed by atoms with Gasteiger partial charge in [0.2, 0.25) is 0 Å². The lowest BCUT2D eigenvalue weighted by atomic mass is 10.00. The van der Waals surface area contributed by atoms with Crippen LogP contribution in [-0.2, 0) is 0 Å². The Hall–Kier alpha value is -1.32. The highest BCUT2D eigenvalue weighted by atomic mass is 35.5. The Morgan fingerprint density at radius 2 is 2.06 bits per heavy atom. The van der Waals surface area contributed by atoms with Gasteiger partial charge in [-0.05, 0) is 36.1 Å². The Balaban J connectivity index is 2.83. The number of nitrogens with two attached hydrogens (primary N) is 1. The molecule has 4 heteroatoms. The van der Waals surface area contributed by atoms with Crippen molar-refractivity contribution in [1.82, 2.24) is 4.98 Å².